The van der Waals surface area contributed by atoms with Crippen molar-refractivity contribution in [3.05, 3.63) is 11.9 Å². The first-order chi connectivity index (χ1) is 9.13. The largest absolute Gasteiger partial charge is 0.478 e. The summed E-state index contributed by atoms with van der Waals surface area (Å²) in [6, 6.07) is 2.43. The van der Waals surface area contributed by atoms with Gasteiger partial charge in [0.15, 0.2) is 0 Å². The Labute approximate surface area is 116 Å². The van der Waals surface area contributed by atoms with E-state index in [9.17, 15) is 0 Å². The number of ether oxygens (including phenoxy) is 1. The molecule has 1 fully saturated rings. The third kappa shape index (κ3) is 3.37. The van der Waals surface area contributed by atoms with E-state index >= 15 is 0 Å². The summed E-state index contributed by atoms with van der Waals surface area (Å²) in [7, 11) is 0. The second kappa shape index (κ2) is 6.22. The molecule has 19 heavy (non-hydrogen) atoms. The van der Waals surface area contributed by atoms with Crippen molar-refractivity contribution in [2.45, 2.75) is 53.0 Å². The summed E-state index contributed by atoms with van der Waals surface area (Å²) in [5, 5.41) is 3.56. The van der Waals surface area contributed by atoms with E-state index in [0.717, 1.165) is 17.6 Å². The molecule has 1 aromatic rings. The summed E-state index contributed by atoms with van der Waals surface area (Å²) in [6.07, 6.45) is 3.82. The number of aryl methyl sites for hydroxylation is 1. The number of nitrogens with zero attached hydrogens (tertiary/aromatic N) is 2. The van der Waals surface area contributed by atoms with E-state index in [1.807, 2.05) is 19.9 Å². The minimum absolute atomic E-state index is 0.522. The van der Waals surface area contributed by atoms with Crippen molar-refractivity contribution in [3.63, 3.8) is 0 Å². The van der Waals surface area contributed by atoms with Crippen molar-refractivity contribution in [2.75, 3.05) is 11.9 Å². The van der Waals surface area contributed by atoms with E-state index in [4.69, 9.17) is 4.74 Å². The maximum atomic E-state index is 5.47. The summed E-state index contributed by atoms with van der Waals surface area (Å²) in [5.41, 5.74) is 0. The predicted octanol–water partition coefficient (Wildman–Crippen LogP) is 3.42. The van der Waals surface area contributed by atoms with Crippen LogP contribution in [0.5, 0.6) is 5.88 Å². The fourth-order valence-corrected chi connectivity index (χ4v) is 3.05. The van der Waals surface area contributed by atoms with Crippen LogP contribution in [0.2, 0.25) is 0 Å². The Hall–Kier alpha value is -1.32. The Kier molecular flexibility index (Phi) is 4.61. The second-order valence-corrected chi connectivity index (χ2v) is 5.43. The molecule has 2 rings (SSSR count). The molecule has 1 aliphatic carbocycles. The highest BCUT2D eigenvalue weighted by Gasteiger charge is 2.31. The number of aromatic nitrogens is 2. The Morgan fingerprint density at radius 2 is 2.11 bits per heavy atom. The van der Waals surface area contributed by atoms with E-state index in [-0.39, 0.29) is 0 Å². The number of anilines is 1. The lowest BCUT2D eigenvalue weighted by Gasteiger charge is -2.21. The molecule has 106 valence electrons. The summed E-state index contributed by atoms with van der Waals surface area (Å²) < 4.78 is 5.47. The van der Waals surface area contributed by atoms with Crippen molar-refractivity contribution >= 4 is 5.82 Å². The van der Waals surface area contributed by atoms with Gasteiger partial charge in [0.1, 0.15) is 11.6 Å². The predicted molar refractivity (Wildman–Crippen MR) is 77.5 cm³/mol. The van der Waals surface area contributed by atoms with Crippen LogP contribution in [0.15, 0.2) is 6.07 Å². The monoisotopic (exact) mass is 263 g/mol. The highest BCUT2D eigenvalue weighted by atomic mass is 16.5. The van der Waals surface area contributed by atoms with Gasteiger partial charge in [-0.15, -0.1) is 0 Å². The smallest absolute Gasteiger partial charge is 0.218 e. The van der Waals surface area contributed by atoms with Crippen LogP contribution in [0.3, 0.4) is 0 Å². The molecule has 1 heterocycles. The van der Waals surface area contributed by atoms with Crippen LogP contribution in [0, 0.1) is 18.8 Å². The van der Waals surface area contributed by atoms with Gasteiger partial charge in [0.25, 0.3) is 0 Å². The average Bonchev–Trinajstić information content (AvgIpc) is 2.70. The van der Waals surface area contributed by atoms with E-state index in [0.29, 0.717) is 24.4 Å². The maximum absolute atomic E-state index is 5.47. The van der Waals surface area contributed by atoms with Gasteiger partial charge in [-0.25, -0.2) is 4.98 Å². The molecule has 0 aliphatic heterocycles. The Bertz CT molecular complexity index is 422. The molecule has 4 nitrogen and oxygen atoms in total. The average molecular weight is 263 g/mol. The molecule has 0 saturated heterocycles. The van der Waals surface area contributed by atoms with Gasteiger partial charge in [-0.2, -0.15) is 4.98 Å². The Morgan fingerprint density at radius 1 is 1.32 bits per heavy atom. The molecule has 0 amide bonds. The fraction of sp³-hybridized carbons (Fsp3) is 0.733. The van der Waals surface area contributed by atoms with Crippen LogP contribution in [0.1, 0.15) is 45.9 Å². The van der Waals surface area contributed by atoms with Gasteiger partial charge < -0.3 is 10.1 Å². The number of rotatable bonds is 5. The standard InChI is InChI=1S/C15H25N3O/c1-5-12-7-8-13(10(12)3)18-14-9-15(19-6-2)17-11(4)16-14/h9-10,12-13H,5-8H2,1-4H3,(H,16,17,18). The van der Waals surface area contributed by atoms with Crippen LogP contribution in [-0.2, 0) is 0 Å². The number of hydrogen-bond acceptors (Lipinski definition) is 4. The van der Waals surface area contributed by atoms with Crippen LogP contribution in [-0.4, -0.2) is 22.6 Å². The van der Waals surface area contributed by atoms with Crippen LogP contribution >= 0.6 is 0 Å². The lowest BCUT2D eigenvalue weighted by molar-refractivity contribution is 0.325. The molecule has 0 aromatic carbocycles. The molecule has 1 aliphatic rings. The van der Waals surface area contributed by atoms with Crippen LogP contribution in [0.25, 0.3) is 0 Å². The van der Waals surface area contributed by atoms with E-state index in [1.165, 1.54) is 19.3 Å². The van der Waals surface area contributed by atoms with Gasteiger partial charge >= 0.3 is 0 Å². The molecule has 3 atom stereocenters. The van der Waals surface area contributed by atoms with Gasteiger partial charge in [0, 0.05) is 12.1 Å². The highest BCUT2D eigenvalue weighted by Crippen LogP contribution is 2.35. The van der Waals surface area contributed by atoms with Gasteiger partial charge in [-0.05, 0) is 38.5 Å². The van der Waals surface area contributed by atoms with Crippen molar-refractivity contribution in [1.29, 1.82) is 0 Å². The molecule has 0 spiro atoms. The summed E-state index contributed by atoms with van der Waals surface area (Å²) >= 11 is 0. The van der Waals surface area contributed by atoms with Gasteiger partial charge in [0.2, 0.25) is 5.88 Å². The van der Waals surface area contributed by atoms with Crippen molar-refractivity contribution in [1.82, 2.24) is 9.97 Å². The van der Waals surface area contributed by atoms with Gasteiger partial charge in [-0.1, -0.05) is 20.3 Å². The normalized spacial score (nSPS) is 26.4. The summed E-state index contributed by atoms with van der Waals surface area (Å²) in [5.74, 6) is 3.86. The zero-order valence-electron chi connectivity index (χ0n) is 12.4. The molecular weight excluding hydrogens is 238 g/mol. The van der Waals surface area contributed by atoms with Gasteiger partial charge in [0.05, 0.1) is 6.61 Å². The lowest BCUT2D eigenvalue weighted by Crippen LogP contribution is -2.25. The SMILES string of the molecule is CCOc1cc(NC2CCC(CC)C2C)nc(C)n1. The topological polar surface area (TPSA) is 47.0 Å². The van der Waals surface area contributed by atoms with Crippen LogP contribution in [0.4, 0.5) is 5.82 Å². The van der Waals surface area contributed by atoms with Gasteiger partial charge in [-0.3, -0.25) is 0 Å². The zero-order valence-corrected chi connectivity index (χ0v) is 12.4. The van der Waals surface area contributed by atoms with Crippen LogP contribution < -0.4 is 10.1 Å². The maximum Gasteiger partial charge on any atom is 0.218 e. The first-order valence-corrected chi connectivity index (χ1v) is 7.39. The number of nitrogens with one attached hydrogen (secondary N) is 1. The Balaban J connectivity index is 2.06. The molecule has 0 bridgehead atoms. The highest BCUT2D eigenvalue weighted by molar-refractivity contribution is 5.39. The Morgan fingerprint density at radius 3 is 2.74 bits per heavy atom. The molecular formula is C15H25N3O. The van der Waals surface area contributed by atoms with Crippen molar-refractivity contribution in [2.24, 2.45) is 11.8 Å². The fourth-order valence-electron chi connectivity index (χ4n) is 3.05. The molecule has 4 heteroatoms. The summed E-state index contributed by atoms with van der Waals surface area (Å²) in [4.78, 5) is 8.74. The minimum atomic E-state index is 0.522. The molecule has 3 unspecified atom stereocenters. The third-order valence-corrected chi connectivity index (χ3v) is 4.19. The van der Waals surface area contributed by atoms with E-state index < -0.39 is 0 Å². The van der Waals surface area contributed by atoms with E-state index in [1.54, 1.807) is 0 Å². The zero-order chi connectivity index (χ0) is 13.8. The first kappa shape index (κ1) is 14.1. The molecule has 1 N–H and O–H groups in total. The number of hydrogen-bond donors (Lipinski definition) is 1. The quantitative estimate of drug-likeness (QED) is 0.884. The minimum Gasteiger partial charge on any atom is -0.478 e. The van der Waals surface area contributed by atoms with Crippen molar-refractivity contribution < 1.29 is 4.74 Å². The third-order valence-electron chi connectivity index (χ3n) is 4.19. The molecule has 1 aromatic heterocycles. The lowest BCUT2D eigenvalue weighted by atomic mass is 9.93. The molecule has 1 saturated carbocycles. The van der Waals surface area contributed by atoms with E-state index in [2.05, 4.69) is 29.1 Å². The summed E-state index contributed by atoms with van der Waals surface area (Å²) in [6.45, 7) is 9.13. The molecule has 0 radical (unpaired) electrons. The second-order valence-electron chi connectivity index (χ2n) is 5.43. The van der Waals surface area contributed by atoms with Crippen molar-refractivity contribution in [3.8, 4) is 5.88 Å². The first-order valence-electron chi connectivity index (χ1n) is 7.39.